The molecule has 0 bridgehead atoms. The molecule has 22 heavy (non-hydrogen) atoms. The second-order valence-corrected chi connectivity index (χ2v) is 5.34. The Morgan fingerprint density at radius 2 is 1.68 bits per heavy atom. The summed E-state index contributed by atoms with van der Waals surface area (Å²) in [5.74, 6) is -0.624. The van der Waals surface area contributed by atoms with Crippen LogP contribution in [0, 0.1) is 0 Å². The van der Waals surface area contributed by atoms with Crippen molar-refractivity contribution in [2.45, 2.75) is 18.9 Å². The summed E-state index contributed by atoms with van der Waals surface area (Å²) in [6, 6.07) is 18.6. The number of hydrogen-bond acceptors (Lipinski definition) is 3. The number of ether oxygens (including phenoxy) is 1. The lowest BCUT2D eigenvalue weighted by molar-refractivity contribution is -0.130. The van der Waals surface area contributed by atoms with Crippen LogP contribution in [0.3, 0.4) is 0 Å². The molecule has 0 N–H and O–H groups in total. The average Bonchev–Trinajstić information content (AvgIpc) is 2.96. The maximum Gasteiger partial charge on any atom is 0.417 e. The van der Waals surface area contributed by atoms with Gasteiger partial charge in [-0.15, -0.1) is 0 Å². The summed E-state index contributed by atoms with van der Waals surface area (Å²) in [4.78, 5) is 26.0. The topological polar surface area (TPSA) is 46.6 Å². The first-order valence-corrected chi connectivity index (χ1v) is 7.28. The number of rotatable bonds is 3. The van der Waals surface area contributed by atoms with Gasteiger partial charge in [-0.2, -0.15) is 0 Å². The molecule has 1 aliphatic heterocycles. The van der Waals surface area contributed by atoms with Crippen molar-refractivity contribution in [1.29, 1.82) is 0 Å². The molecule has 1 saturated heterocycles. The van der Waals surface area contributed by atoms with Crippen LogP contribution in [-0.2, 0) is 9.53 Å². The highest BCUT2D eigenvalue weighted by Gasteiger charge is 2.40. The van der Waals surface area contributed by atoms with Crippen LogP contribution in [0.4, 0.5) is 4.79 Å². The van der Waals surface area contributed by atoms with Crippen LogP contribution in [0.5, 0.6) is 0 Å². The second kappa shape index (κ2) is 6.02. The number of cyclic esters (lactones) is 1. The van der Waals surface area contributed by atoms with E-state index in [0.717, 1.165) is 11.1 Å². The Balaban J connectivity index is 1.88. The summed E-state index contributed by atoms with van der Waals surface area (Å²) in [5.41, 5.74) is 1.79. The summed E-state index contributed by atoms with van der Waals surface area (Å²) >= 11 is 0. The third-order valence-corrected chi connectivity index (χ3v) is 3.96. The number of nitrogens with zero attached hydrogens (tertiary/aromatic N) is 1. The standard InChI is InChI=1S/C18H17NO3/c1-13(14-8-4-2-5-9-14)17(20)19-16(12-22-18(19)21)15-10-6-3-7-11-15/h2-11,13,16H,12H2,1H3/t13-,16+/m0/s1. The monoisotopic (exact) mass is 295 g/mol. The maximum absolute atomic E-state index is 12.8. The van der Waals surface area contributed by atoms with Crippen LogP contribution in [-0.4, -0.2) is 23.5 Å². The molecule has 4 nitrogen and oxygen atoms in total. The molecule has 112 valence electrons. The SMILES string of the molecule is C[C@H](C(=O)N1C(=O)OC[C@@H]1c1ccccc1)c1ccccc1. The van der Waals surface area contributed by atoms with E-state index in [-0.39, 0.29) is 18.6 Å². The molecule has 0 aliphatic carbocycles. The summed E-state index contributed by atoms with van der Waals surface area (Å²) in [6.07, 6.45) is -0.568. The van der Waals surface area contributed by atoms with Crippen LogP contribution < -0.4 is 0 Å². The molecule has 1 heterocycles. The average molecular weight is 295 g/mol. The van der Waals surface area contributed by atoms with E-state index in [1.54, 1.807) is 0 Å². The third-order valence-electron chi connectivity index (χ3n) is 3.96. The van der Waals surface area contributed by atoms with Gasteiger partial charge < -0.3 is 4.74 Å². The smallest absolute Gasteiger partial charge is 0.417 e. The highest BCUT2D eigenvalue weighted by Crippen LogP contribution is 2.31. The van der Waals surface area contributed by atoms with E-state index in [1.165, 1.54) is 4.90 Å². The van der Waals surface area contributed by atoms with Crippen LogP contribution >= 0.6 is 0 Å². The minimum atomic E-state index is -0.568. The van der Waals surface area contributed by atoms with Crippen molar-refractivity contribution in [2.24, 2.45) is 0 Å². The van der Waals surface area contributed by atoms with E-state index in [1.807, 2.05) is 67.6 Å². The molecule has 0 unspecified atom stereocenters. The van der Waals surface area contributed by atoms with Gasteiger partial charge in [-0.05, 0) is 18.1 Å². The van der Waals surface area contributed by atoms with Crippen LogP contribution in [0.15, 0.2) is 60.7 Å². The minimum absolute atomic E-state index is 0.204. The molecule has 2 aromatic carbocycles. The van der Waals surface area contributed by atoms with Crippen LogP contribution in [0.1, 0.15) is 30.0 Å². The van der Waals surface area contributed by atoms with Crippen molar-refractivity contribution in [3.63, 3.8) is 0 Å². The Morgan fingerprint density at radius 1 is 1.09 bits per heavy atom. The van der Waals surface area contributed by atoms with Crippen LogP contribution in [0.25, 0.3) is 0 Å². The van der Waals surface area contributed by atoms with Gasteiger partial charge in [0.15, 0.2) is 0 Å². The van der Waals surface area contributed by atoms with Crippen molar-refractivity contribution >= 4 is 12.0 Å². The van der Waals surface area contributed by atoms with Gasteiger partial charge in [-0.3, -0.25) is 4.79 Å². The number of imide groups is 1. The van der Waals surface area contributed by atoms with E-state index >= 15 is 0 Å². The quantitative estimate of drug-likeness (QED) is 0.870. The molecule has 0 spiro atoms. The van der Waals surface area contributed by atoms with Crippen molar-refractivity contribution in [2.75, 3.05) is 6.61 Å². The summed E-state index contributed by atoms with van der Waals surface area (Å²) in [6.45, 7) is 2.02. The second-order valence-electron chi connectivity index (χ2n) is 5.34. The zero-order valence-electron chi connectivity index (χ0n) is 12.3. The van der Waals surface area contributed by atoms with Gasteiger partial charge in [-0.1, -0.05) is 60.7 Å². The molecule has 4 heteroatoms. The van der Waals surface area contributed by atoms with Gasteiger partial charge >= 0.3 is 6.09 Å². The fourth-order valence-electron chi connectivity index (χ4n) is 2.68. The molecular weight excluding hydrogens is 278 g/mol. The molecule has 0 aromatic heterocycles. The van der Waals surface area contributed by atoms with E-state index < -0.39 is 12.0 Å². The minimum Gasteiger partial charge on any atom is -0.446 e. The van der Waals surface area contributed by atoms with Crippen LogP contribution in [0.2, 0.25) is 0 Å². The summed E-state index contributed by atoms with van der Waals surface area (Å²) in [7, 11) is 0. The molecule has 2 amide bonds. The predicted molar refractivity (Wildman–Crippen MR) is 82.2 cm³/mol. The fraction of sp³-hybridized carbons (Fsp3) is 0.222. The number of carbonyl (C=O) groups excluding carboxylic acids is 2. The molecule has 3 rings (SSSR count). The van der Waals surface area contributed by atoms with Crippen molar-refractivity contribution in [3.8, 4) is 0 Å². The van der Waals surface area contributed by atoms with E-state index in [9.17, 15) is 9.59 Å². The van der Waals surface area contributed by atoms with Gasteiger partial charge in [0.05, 0.1) is 5.92 Å². The molecule has 1 aliphatic rings. The van der Waals surface area contributed by atoms with E-state index in [4.69, 9.17) is 4.74 Å². The van der Waals surface area contributed by atoms with Crippen molar-refractivity contribution in [3.05, 3.63) is 71.8 Å². The molecule has 2 atom stereocenters. The Hall–Kier alpha value is -2.62. The summed E-state index contributed by atoms with van der Waals surface area (Å²) < 4.78 is 5.11. The molecule has 1 fully saturated rings. The molecule has 2 aromatic rings. The molecular formula is C18H17NO3. The Bertz CT molecular complexity index is 669. The first kappa shape index (κ1) is 14.3. The number of hydrogen-bond donors (Lipinski definition) is 0. The first-order valence-electron chi connectivity index (χ1n) is 7.28. The Labute approximate surface area is 129 Å². The van der Waals surface area contributed by atoms with Gasteiger partial charge in [0.25, 0.3) is 0 Å². The largest absolute Gasteiger partial charge is 0.446 e. The Morgan fingerprint density at radius 3 is 2.32 bits per heavy atom. The molecule has 0 saturated carbocycles. The molecule has 0 radical (unpaired) electrons. The lowest BCUT2D eigenvalue weighted by Crippen LogP contribution is -2.37. The van der Waals surface area contributed by atoms with Crippen molar-refractivity contribution in [1.82, 2.24) is 4.90 Å². The summed E-state index contributed by atoms with van der Waals surface area (Å²) in [5, 5.41) is 0. The van der Waals surface area contributed by atoms with Gasteiger partial charge in [0.2, 0.25) is 5.91 Å². The zero-order chi connectivity index (χ0) is 15.5. The first-order chi connectivity index (χ1) is 10.7. The third kappa shape index (κ3) is 2.60. The number of amides is 2. The van der Waals surface area contributed by atoms with E-state index in [2.05, 4.69) is 0 Å². The number of carbonyl (C=O) groups is 2. The van der Waals surface area contributed by atoms with Gasteiger partial charge in [-0.25, -0.2) is 9.69 Å². The highest BCUT2D eigenvalue weighted by molar-refractivity contribution is 5.97. The van der Waals surface area contributed by atoms with E-state index in [0.29, 0.717) is 0 Å². The van der Waals surface area contributed by atoms with Gasteiger partial charge in [0.1, 0.15) is 12.6 Å². The van der Waals surface area contributed by atoms with Gasteiger partial charge in [0, 0.05) is 0 Å². The lowest BCUT2D eigenvalue weighted by Gasteiger charge is -2.23. The maximum atomic E-state index is 12.8. The zero-order valence-corrected chi connectivity index (χ0v) is 12.3. The predicted octanol–water partition coefficient (Wildman–Crippen LogP) is 3.51. The Kier molecular flexibility index (Phi) is 3.92. The highest BCUT2D eigenvalue weighted by atomic mass is 16.6. The van der Waals surface area contributed by atoms with Crippen molar-refractivity contribution < 1.29 is 14.3 Å². The lowest BCUT2D eigenvalue weighted by atomic mass is 9.98. The fourth-order valence-corrected chi connectivity index (χ4v) is 2.68. The number of benzene rings is 2. The normalized spacial score (nSPS) is 18.9.